The van der Waals surface area contributed by atoms with Crippen molar-refractivity contribution in [3.63, 3.8) is 0 Å². The van der Waals surface area contributed by atoms with Crippen LogP contribution in [0, 0.1) is 13.8 Å². The number of aryl methyl sites for hydroxylation is 2. The molecule has 94 valence electrons. The fourth-order valence-corrected chi connectivity index (χ4v) is 1.50. The van der Waals surface area contributed by atoms with Crippen molar-refractivity contribution in [3.8, 4) is 0 Å². The third-order valence-corrected chi connectivity index (χ3v) is 2.22. The van der Waals surface area contributed by atoms with Gasteiger partial charge in [0, 0.05) is 11.4 Å². The standard InChI is InChI=1S/C10H11N5O3/c1-5-3-6(2)15-10(12-5)13-8(14-15)9(18)11-4-7(16)17/h3H,4H2,1-2H3,(H,11,18)(H,16,17). The van der Waals surface area contributed by atoms with E-state index in [2.05, 4.69) is 20.4 Å². The zero-order valence-corrected chi connectivity index (χ0v) is 9.84. The monoisotopic (exact) mass is 249 g/mol. The third kappa shape index (κ3) is 2.26. The molecule has 18 heavy (non-hydrogen) atoms. The van der Waals surface area contributed by atoms with Crippen LogP contribution in [0.5, 0.6) is 0 Å². The highest BCUT2D eigenvalue weighted by Crippen LogP contribution is 2.05. The van der Waals surface area contributed by atoms with Gasteiger partial charge in [-0.25, -0.2) is 9.50 Å². The zero-order chi connectivity index (χ0) is 13.3. The number of hydrogen-bond acceptors (Lipinski definition) is 5. The highest BCUT2D eigenvalue weighted by Gasteiger charge is 2.15. The second-order valence-electron chi connectivity index (χ2n) is 3.76. The molecule has 0 saturated heterocycles. The fraction of sp³-hybridized carbons (Fsp3) is 0.300. The van der Waals surface area contributed by atoms with Gasteiger partial charge in [-0.05, 0) is 19.9 Å². The van der Waals surface area contributed by atoms with Crippen molar-refractivity contribution in [1.29, 1.82) is 0 Å². The Hall–Kier alpha value is -2.51. The molecule has 1 amide bonds. The van der Waals surface area contributed by atoms with Gasteiger partial charge in [0.1, 0.15) is 6.54 Å². The SMILES string of the molecule is Cc1cc(C)n2nc(C(=O)NCC(=O)O)nc2n1. The van der Waals surface area contributed by atoms with E-state index in [4.69, 9.17) is 5.11 Å². The number of hydrogen-bond donors (Lipinski definition) is 2. The summed E-state index contributed by atoms with van der Waals surface area (Å²) in [7, 11) is 0. The average Bonchev–Trinajstić information content (AvgIpc) is 2.69. The van der Waals surface area contributed by atoms with Crippen LogP contribution in [0.3, 0.4) is 0 Å². The van der Waals surface area contributed by atoms with Gasteiger partial charge >= 0.3 is 5.97 Å². The first-order valence-corrected chi connectivity index (χ1v) is 5.18. The number of nitrogens with one attached hydrogen (secondary N) is 1. The molecule has 2 rings (SSSR count). The van der Waals surface area contributed by atoms with E-state index >= 15 is 0 Å². The number of nitrogens with zero attached hydrogens (tertiary/aromatic N) is 4. The van der Waals surface area contributed by atoms with Gasteiger partial charge in [0.05, 0.1) is 0 Å². The van der Waals surface area contributed by atoms with Crippen molar-refractivity contribution in [2.75, 3.05) is 6.54 Å². The van der Waals surface area contributed by atoms with Crippen LogP contribution in [0.4, 0.5) is 0 Å². The van der Waals surface area contributed by atoms with Gasteiger partial charge in [-0.3, -0.25) is 9.59 Å². The summed E-state index contributed by atoms with van der Waals surface area (Å²) in [4.78, 5) is 30.0. The molecule has 2 heterocycles. The molecule has 0 aliphatic heterocycles. The minimum atomic E-state index is -1.13. The summed E-state index contributed by atoms with van der Waals surface area (Å²) in [6.07, 6.45) is 0. The van der Waals surface area contributed by atoms with E-state index in [9.17, 15) is 9.59 Å². The van der Waals surface area contributed by atoms with Crippen LogP contribution in [0.1, 0.15) is 22.0 Å². The Balaban J connectivity index is 2.32. The third-order valence-electron chi connectivity index (χ3n) is 2.22. The molecule has 0 aromatic carbocycles. The lowest BCUT2D eigenvalue weighted by molar-refractivity contribution is -0.135. The highest BCUT2D eigenvalue weighted by atomic mass is 16.4. The molecule has 2 N–H and O–H groups in total. The maximum atomic E-state index is 11.6. The van der Waals surface area contributed by atoms with E-state index in [1.54, 1.807) is 6.07 Å². The number of fused-ring (bicyclic) bond motifs is 1. The minimum absolute atomic E-state index is 0.0996. The molecule has 0 fully saturated rings. The molecule has 8 nitrogen and oxygen atoms in total. The average molecular weight is 249 g/mol. The molecule has 8 heteroatoms. The second-order valence-corrected chi connectivity index (χ2v) is 3.76. The fourth-order valence-electron chi connectivity index (χ4n) is 1.50. The summed E-state index contributed by atoms with van der Waals surface area (Å²) < 4.78 is 1.43. The molecule has 0 aliphatic carbocycles. The Morgan fingerprint density at radius 3 is 2.78 bits per heavy atom. The lowest BCUT2D eigenvalue weighted by Gasteiger charge is -1.97. The smallest absolute Gasteiger partial charge is 0.322 e. The normalized spacial score (nSPS) is 10.6. The van der Waals surface area contributed by atoms with Crippen LogP contribution in [-0.2, 0) is 4.79 Å². The molecule has 2 aromatic heterocycles. The van der Waals surface area contributed by atoms with Gasteiger partial charge in [-0.15, -0.1) is 5.10 Å². The van der Waals surface area contributed by atoms with E-state index < -0.39 is 18.4 Å². The largest absolute Gasteiger partial charge is 0.480 e. The lowest BCUT2D eigenvalue weighted by Crippen LogP contribution is -2.30. The molecule has 0 saturated carbocycles. The van der Waals surface area contributed by atoms with E-state index in [0.717, 1.165) is 11.4 Å². The summed E-state index contributed by atoms with van der Waals surface area (Å²) in [6, 6.07) is 1.81. The van der Waals surface area contributed by atoms with Crippen LogP contribution < -0.4 is 5.32 Å². The molecule has 2 aromatic rings. The number of carbonyl (C=O) groups excluding carboxylic acids is 1. The van der Waals surface area contributed by atoms with E-state index in [1.165, 1.54) is 4.52 Å². The van der Waals surface area contributed by atoms with Crippen LogP contribution in [-0.4, -0.2) is 43.1 Å². The number of aromatic nitrogens is 4. The number of carbonyl (C=O) groups is 2. The molecule has 0 bridgehead atoms. The topological polar surface area (TPSA) is 109 Å². The van der Waals surface area contributed by atoms with Crippen LogP contribution in [0.2, 0.25) is 0 Å². The van der Waals surface area contributed by atoms with Gasteiger partial charge in [-0.1, -0.05) is 0 Å². The molecule has 0 unspecified atom stereocenters. The number of aliphatic carboxylic acids is 1. The van der Waals surface area contributed by atoms with Crippen LogP contribution >= 0.6 is 0 Å². The summed E-state index contributed by atoms with van der Waals surface area (Å²) in [6.45, 7) is 3.15. The first-order valence-electron chi connectivity index (χ1n) is 5.18. The summed E-state index contributed by atoms with van der Waals surface area (Å²) in [5.74, 6) is -1.55. The van der Waals surface area contributed by atoms with E-state index in [-0.39, 0.29) is 5.82 Å². The maximum Gasteiger partial charge on any atom is 0.322 e. The van der Waals surface area contributed by atoms with Gasteiger partial charge in [0.15, 0.2) is 0 Å². The highest BCUT2D eigenvalue weighted by molar-refractivity contribution is 5.92. The lowest BCUT2D eigenvalue weighted by atomic mass is 10.4. The first kappa shape index (κ1) is 12.0. The summed E-state index contributed by atoms with van der Waals surface area (Å²) >= 11 is 0. The van der Waals surface area contributed by atoms with Crippen molar-refractivity contribution < 1.29 is 14.7 Å². The van der Waals surface area contributed by atoms with Crippen LogP contribution in [0.25, 0.3) is 5.78 Å². The predicted octanol–water partition coefficient (Wildman–Crippen LogP) is -0.444. The first-order chi connectivity index (χ1) is 8.47. The van der Waals surface area contributed by atoms with Crippen molar-refractivity contribution in [3.05, 3.63) is 23.3 Å². The predicted molar refractivity (Wildman–Crippen MR) is 60.2 cm³/mol. The molecule has 0 radical (unpaired) electrons. The number of amides is 1. The van der Waals surface area contributed by atoms with Crippen LogP contribution in [0.15, 0.2) is 6.07 Å². The number of rotatable bonds is 3. The van der Waals surface area contributed by atoms with Gasteiger partial charge in [0.2, 0.25) is 5.82 Å². The number of carboxylic acid groups (broad SMARTS) is 1. The summed E-state index contributed by atoms with van der Waals surface area (Å²) in [5.41, 5.74) is 1.56. The van der Waals surface area contributed by atoms with E-state index in [0.29, 0.717) is 5.78 Å². The second kappa shape index (κ2) is 4.40. The van der Waals surface area contributed by atoms with Gasteiger partial charge in [-0.2, -0.15) is 4.98 Å². The van der Waals surface area contributed by atoms with Crippen molar-refractivity contribution in [2.45, 2.75) is 13.8 Å². The molecule has 0 spiro atoms. The molecular formula is C10H11N5O3. The van der Waals surface area contributed by atoms with Crippen molar-refractivity contribution in [1.82, 2.24) is 24.9 Å². The Morgan fingerprint density at radius 1 is 1.39 bits per heavy atom. The Bertz CT molecular complexity index is 634. The Labute approximate surface area is 102 Å². The molecular weight excluding hydrogens is 238 g/mol. The van der Waals surface area contributed by atoms with Crippen molar-refractivity contribution in [2.24, 2.45) is 0 Å². The van der Waals surface area contributed by atoms with E-state index in [1.807, 2.05) is 13.8 Å². The summed E-state index contributed by atoms with van der Waals surface area (Å²) in [5, 5.41) is 14.6. The molecule has 0 atom stereocenters. The number of carboxylic acids is 1. The zero-order valence-electron chi connectivity index (χ0n) is 9.84. The van der Waals surface area contributed by atoms with Gasteiger partial charge < -0.3 is 10.4 Å². The Morgan fingerprint density at radius 2 is 2.11 bits per heavy atom. The van der Waals surface area contributed by atoms with Crippen molar-refractivity contribution >= 4 is 17.7 Å². The Kier molecular flexibility index (Phi) is 2.92. The molecule has 0 aliphatic rings. The maximum absolute atomic E-state index is 11.6. The minimum Gasteiger partial charge on any atom is -0.480 e. The van der Waals surface area contributed by atoms with Gasteiger partial charge in [0.25, 0.3) is 11.7 Å². The quantitative estimate of drug-likeness (QED) is 0.762.